The second kappa shape index (κ2) is 6.03. The monoisotopic (exact) mass is 359 g/mol. The zero-order valence-electron chi connectivity index (χ0n) is 14.3. The first-order valence-electron chi connectivity index (χ1n) is 8.54. The van der Waals surface area contributed by atoms with E-state index in [-0.39, 0.29) is 5.92 Å². The Bertz CT molecular complexity index is 1030. The summed E-state index contributed by atoms with van der Waals surface area (Å²) in [7, 11) is -3.25. The molecule has 25 heavy (non-hydrogen) atoms. The molecule has 0 bridgehead atoms. The maximum Gasteiger partial charge on any atom is 0.216 e. The van der Waals surface area contributed by atoms with Crippen LogP contribution in [0.25, 0.3) is 21.8 Å². The Hall–Kier alpha value is -2.06. The second-order valence-corrected chi connectivity index (χ2v) is 9.33. The molecule has 1 saturated heterocycles. The number of fused-ring (bicyclic) bond motifs is 3. The third-order valence-electron chi connectivity index (χ3n) is 4.97. The average Bonchev–Trinajstić information content (AvgIpc) is 3.10. The molecule has 3 aromatic rings. The largest absolute Gasteiger partial charge is 0.282 e. The molecule has 3 aromatic heterocycles. The molecule has 1 unspecified atom stereocenters. The van der Waals surface area contributed by atoms with Gasteiger partial charge in [-0.25, -0.2) is 22.7 Å². The third kappa shape index (κ3) is 2.69. The van der Waals surface area contributed by atoms with Crippen molar-refractivity contribution in [2.75, 3.05) is 13.1 Å². The Kier molecular flexibility index (Phi) is 3.96. The van der Waals surface area contributed by atoms with Crippen molar-refractivity contribution < 1.29 is 8.42 Å². The van der Waals surface area contributed by atoms with Crippen molar-refractivity contribution in [2.24, 2.45) is 0 Å². The molecule has 132 valence electrons. The van der Waals surface area contributed by atoms with Crippen molar-refractivity contribution in [3.63, 3.8) is 0 Å². The first kappa shape index (κ1) is 16.4. The minimum Gasteiger partial charge on any atom is -0.282 e. The number of hydrogen-bond donors (Lipinski definition) is 1. The Morgan fingerprint density at radius 1 is 1.28 bits per heavy atom. The van der Waals surface area contributed by atoms with E-state index in [9.17, 15) is 8.42 Å². The molecule has 4 heterocycles. The van der Waals surface area contributed by atoms with Crippen molar-refractivity contribution in [1.29, 1.82) is 0 Å². The second-order valence-electron chi connectivity index (χ2n) is 6.85. The maximum absolute atomic E-state index is 12.6. The van der Waals surface area contributed by atoms with Crippen LogP contribution in [0.4, 0.5) is 0 Å². The number of aromatic nitrogens is 4. The van der Waals surface area contributed by atoms with E-state index in [1.54, 1.807) is 36.7 Å². The van der Waals surface area contributed by atoms with Crippen LogP contribution in [-0.2, 0) is 10.0 Å². The quantitative estimate of drug-likeness (QED) is 0.775. The summed E-state index contributed by atoms with van der Waals surface area (Å²) in [4.78, 5) is 8.64. The lowest BCUT2D eigenvalue weighted by Gasteiger charge is -2.33. The van der Waals surface area contributed by atoms with Crippen molar-refractivity contribution in [2.45, 2.75) is 37.9 Å². The maximum atomic E-state index is 12.6. The summed E-state index contributed by atoms with van der Waals surface area (Å²) in [6.07, 6.45) is 7.05. The Labute approximate surface area is 146 Å². The van der Waals surface area contributed by atoms with E-state index in [0.29, 0.717) is 18.7 Å². The summed E-state index contributed by atoms with van der Waals surface area (Å²) in [6.45, 7) is 4.53. The first-order valence-corrected chi connectivity index (χ1v) is 10.0. The molecule has 1 aliphatic rings. The predicted octanol–water partition coefficient (Wildman–Crippen LogP) is 2.42. The number of nitrogens with zero attached hydrogens (tertiary/aromatic N) is 4. The minimum absolute atomic E-state index is 0.0824. The highest BCUT2D eigenvalue weighted by Gasteiger charge is 2.32. The smallest absolute Gasteiger partial charge is 0.216 e. The molecule has 0 radical (unpaired) electrons. The highest BCUT2D eigenvalue weighted by molar-refractivity contribution is 7.89. The van der Waals surface area contributed by atoms with E-state index in [1.165, 1.54) is 0 Å². The van der Waals surface area contributed by atoms with E-state index in [4.69, 9.17) is 0 Å². The lowest BCUT2D eigenvalue weighted by molar-refractivity contribution is 0.310. The van der Waals surface area contributed by atoms with Crippen LogP contribution in [0.1, 0.15) is 38.3 Å². The van der Waals surface area contributed by atoms with E-state index >= 15 is 0 Å². The van der Waals surface area contributed by atoms with Gasteiger partial charge in [0.05, 0.1) is 11.4 Å². The molecule has 1 atom stereocenters. The summed E-state index contributed by atoms with van der Waals surface area (Å²) in [5.41, 5.74) is 1.68. The van der Waals surface area contributed by atoms with Crippen LogP contribution in [0.5, 0.6) is 0 Å². The SMILES string of the molecule is CC(C)S(=O)(=O)N1CCCC(c2[nH]ncc3cnc4nccc4c23)C1. The fourth-order valence-electron chi connectivity index (χ4n) is 3.60. The molecule has 0 spiro atoms. The summed E-state index contributed by atoms with van der Waals surface area (Å²) in [5.74, 6) is 0.0824. The minimum atomic E-state index is -3.25. The molecule has 4 rings (SSSR count). The zero-order valence-corrected chi connectivity index (χ0v) is 15.1. The number of hydrogen-bond acceptors (Lipinski definition) is 5. The molecule has 1 N–H and O–H groups in total. The van der Waals surface area contributed by atoms with Gasteiger partial charge in [-0.3, -0.25) is 5.10 Å². The van der Waals surface area contributed by atoms with Gasteiger partial charge in [0.15, 0.2) is 5.65 Å². The van der Waals surface area contributed by atoms with Crippen LogP contribution in [0.15, 0.2) is 24.7 Å². The number of rotatable bonds is 3. The van der Waals surface area contributed by atoms with E-state index < -0.39 is 15.3 Å². The number of piperidine rings is 1. The molecule has 1 aliphatic heterocycles. The molecule has 8 heteroatoms. The number of aromatic amines is 1. The first-order chi connectivity index (χ1) is 12.0. The molecular formula is C17H21N5O2S. The van der Waals surface area contributed by atoms with Crippen molar-refractivity contribution >= 4 is 31.8 Å². The van der Waals surface area contributed by atoms with Gasteiger partial charge in [0.25, 0.3) is 0 Å². The Morgan fingerprint density at radius 3 is 2.92 bits per heavy atom. The molecule has 0 aliphatic carbocycles. The van der Waals surface area contributed by atoms with Crippen LogP contribution >= 0.6 is 0 Å². The van der Waals surface area contributed by atoms with Crippen molar-refractivity contribution in [3.8, 4) is 0 Å². The number of H-pyrrole nitrogens is 1. The van der Waals surface area contributed by atoms with Gasteiger partial charge in [-0.1, -0.05) is 0 Å². The summed E-state index contributed by atoms with van der Waals surface area (Å²) < 4.78 is 26.8. The lowest BCUT2D eigenvalue weighted by Crippen LogP contribution is -2.42. The topological polar surface area (TPSA) is 91.8 Å². The fourth-order valence-corrected chi connectivity index (χ4v) is 4.97. The van der Waals surface area contributed by atoms with Gasteiger partial charge >= 0.3 is 0 Å². The normalized spacial score (nSPS) is 19.9. The lowest BCUT2D eigenvalue weighted by atomic mass is 9.92. The summed E-state index contributed by atoms with van der Waals surface area (Å²) in [6, 6.07) is 1.95. The van der Waals surface area contributed by atoms with Crippen LogP contribution in [0.2, 0.25) is 0 Å². The van der Waals surface area contributed by atoms with Crippen molar-refractivity contribution in [3.05, 3.63) is 30.4 Å². The molecule has 1 fully saturated rings. The average molecular weight is 359 g/mol. The van der Waals surface area contributed by atoms with Gasteiger partial charge in [0, 0.05) is 53.3 Å². The Balaban J connectivity index is 1.80. The van der Waals surface area contributed by atoms with E-state index in [1.807, 2.05) is 6.07 Å². The zero-order chi connectivity index (χ0) is 17.6. The Morgan fingerprint density at radius 2 is 2.12 bits per heavy atom. The highest BCUT2D eigenvalue weighted by atomic mass is 32.2. The third-order valence-corrected chi connectivity index (χ3v) is 7.21. The van der Waals surface area contributed by atoms with Gasteiger partial charge in [-0.2, -0.15) is 5.10 Å². The highest BCUT2D eigenvalue weighted by Crippen LogP contribution is 2.34. The molecule has 0 aromatic carbocycles. The fraction of sp³-hybridized carbons (Fsp3) is 0.471. The predicted molar refractivity (Wildman–Crippen MR) is 96.8 cm³/mol. The number of nitrogens with one attached hydrogen (secondary N) is 1. The van der Waals surface area contributed by atoms with Gasteiger partial charge < -0.3 is 0 Å². The van der Waals surface area contributed by atoms with Crippen LogP contribution in [0, 0.1) is 0 Å². The van der Waals surface area contributed by atoms with Gasteiger partial charge in [0.2, 0.25) is 10.0 Å². The van der Waals surface area contributed by atoms with Gasteiger partial charge in [-0.15, -0.1) is 0 Å². The van der Waals surface area contributed by atoms with Crippen LogP contribution in [0.3, 0.4) is 0 Å². The van der Waals surface area contributed by atoms with E-state index in [2.05, 4.69) is 20.2 Å². The van der Waals surface area contributed by atoms with Crippen LogP contribution < -0.4 is 0 Å². The van der Waals surface area contributed by atoms with Crippen molar-refractivity contribution in [1.82, 2.24) is 24.5 Å². The molecule has 7 nitrogen and oxygen atoms in total. The summed E-state index contributed by atoms with van der Waals surface area (Å²) in [5, 5.41) is 9.95. The number of sulfonamides is 1. The van der Waals surface area contributed by atoms with E-state index in [0.717, 1.165) is 34.7 Å². The van der Waals surface area contributed by atoms with Gasteiger partial charge in [-0.05, 0) is 32.8 Å². The number of pyridine rings is 1. The van der Waals surface area contributed by atoms with Gasteiger partial charge in [0.1, 0.15) is 0 Å². The summed E-state index contributed by atoms with van der Waals surface area (Å²) >= 11 is 0. The standard InChI is InChI=1S/C17H21N5O2S/c1-11(2)25(23,24)22-7-3-4-12(10-22)16-15-13(9-20-21-16)8-19-17-14(15)5-6-18-17/h5-6,8-9,11-12,21H,3-4,7,10H2,1-2H3. The molecular weight excluding hydrogens is 338 g/mol. The molecule has 0 saturated carbocycles. The van der Waals surface area contributed by atoms with Crippen LogP contribution in [-0.4, -0.2) is 51.2 Å². The molecule has 0 amide bonds.